The molecular formula is C93H166N4O41. The summed E-state index contributed by atoms with van der Waals surface area (Å²) >= 11 is 0. The Morgan fingerprint density at radius 2 is 0.703 bits per heavy atom. The van der Waals surface area contributed by atoms with Gasteiger partial charge in [-0.2, -0.15) is 0 Å². The normalized spacial score (nSPS) is 36.2. The van der Waals surface area contributed by atoms with E-state index < -0.39 is 315 Å². The fourth-order valence-electron chi connectivity index (χ4n) is 18.8. The minimum absolute atomic E-state index is 0.153. The molecule has 0 aromatic rings. The number of allylic oxidation sites excluding steroid dienone is 1. The van der Waals surface area contributed by atoms with Crippen LogP contribution in [0.15, 0.2) is 12.2 Å². The van der Waals surface area contributed by atoms with Gasteiger partial charge in [-0.15, -0.1) is 0 Å². The summed E-state index contributed by atoms with van der Waals surface area (Å²) < 4.78 is 83.1. The van der Waals surface area contributed by atoms with Crippen LogP contribution in [0, 0.1) is 0 Å². The molecule has 7 saturated heterocycles. The van der Waals surface area contributed by atoms with Gasteiger partial charge in [-0.25, -0.2) is 4.79 Å². The first kappa shape index (κ1) is 121. The first-order valence-electron chi connectivity index (χ1n) is 50.1. The van der Waals surface area contributed by atoms with Gasteiger partial charge < -0.3 is 200 Å². The quantitative estimate of drug-likeness (QED) is 0.0214. The van der Waals surface area contributed by atoms with Crippen molar-refractivity contribution < 1.29 is 203 Å². The lowest BCUT2D eigenvalue weighted by Crippen LogP contribution is -2.71. The highest BCUT2D eigenvalue weighted by Gasteiger charge is 2.63. The second-order valence-corrected chi connectivity index (χ2v) is 37.7. The first-order chi connectivity index (χ1) is 66.1. The second-order valence-electron chi connectivity index (χ2n) is 37.7. The Labute approximate surface area is 807 Å². The average molecular weight is 2000 g/mol. The zero-order chi connectivity index (χ0) is 101. The fourth-order valence-corrected chi connectivity index (χ4v) is 18.8. The third-order valence-corrected chi connectivity index (χ3v) is 26.7. The number of carbonyl (C=O) groups excluding carboxylic acids is 4. The molecule has 4 amide bonds. The molecule has 45 heteroatoms. The molecule has 0 aliphatic carbocycles. The molecular weight excluding hydrogens is 1830 g/mol. The van der Waals surface area contributed by atoms with Crippen LogP contribution in [0.2, 0.25) is 0 Å². The van der Waals surface area contributed by atoms with Crippen LogP contribution in [0.5, 0.6) is 0 Å². The summed E-state index contributed by atoms with van der Waals surface area (Å²) in [5.74, 6) is -8.44. The van der Waals surface area contributed by atoms with Gasteiger partial charge in [-0.3, -0.25) is 19.2 Å². The third-order valence-electron chi connectivity index (χ3n) is 26.7. The summed E-state index contributed by atoms with van der Waals surface area (Å²) in [4.78, 5) is 65.2. The van der Waals surface area contributed by atoms with E-state index in [1.54, 1.807) is 6.08 Å². The molecule has 0 radical (unpaired) electrons. The van der Waals surface area contributed by atoms with E-state index in [2.05, 4.69) is 35.1 Å². The van der Waals surface area contributed by atoms with Crippen molar-refractivity contribution in [2.24, 2.45) is 0 Å². The van der Waals surface area contributed by atoms with E-state index in [9.17, 15) is 136 Å². The maximum Gasteiger partial charge on any atom is 0.364 e. The van der Waals surface area contributed by atoms with Crippen LogP contribution in [0.4, 0.5) is 0 Å². The Morgan fingerprint density at radius 1 is 0.377 bits per heavy atom. The summed E-state index contributed by atoms with van der Waals surface area (Å²) in [5, 5.41) is 258. The molecule has 45 nitrogen and oxygen atoms in total. The lowest BCUT2D eigenvalue weighted by atomic mass is 9.88. The zero-order valence-corrected chi connectivity index (χ0v) is 80.5. The number of hydrogen-bond acceptors (Lipinski definition) is 40. The van der Waals surface area contributed by atoms with Gasteiger partial charge in [0.15, 0.2) is 37.7 Å². The smallest absolute Gasteiger partial charge is 0.364 e. The summed E-state index contributed by atoms with van der Waals surface area (Å²) in [5.41, 5.74) is 0. The van der Waals surface area contributed by atoms with Crippen molar-refractivity contribution in [3.63, 3.8) is 0 Å². The molecule has 7 aliphatic rings. The van der Waals surface area contributed by atoms with Crippen molar-refractivity contribution >= 4 is 29.6 Å². The number of aliphatic carboxylic acids is 1. The van der Waals surface area contributed by atoms with Crippen LogP contribution in [0.3, 0.4) is 0 Å². The molecule has 0 aromatic carbocycles. The van der Waals surface area contributed by atoms with Crippen LogP contribution in [0.1, 0.15) is 259 Å². The molecule has 0 saturated carbocycles. The number of ether oxygens (including phenoxy) is 14. The van der Waals surface area contributed by atoms with Crippen molar-refractivity contribution in [2.45, 2.75) is 492 Å². The lowest BCUT2D eigenvalue weighted by molar-refractivity contribution is -0.391. The number of amides is 4. The minimum Gasteiger partial charge on any atom is -0.477 e. The lowest BCUT2D eigenvalue weighted by Gasteiger charge is -2.51. The third kappa shape index (κ3) is 36.1. The largest absolute Gasteiger partial charge is 0.477 e. The number of aliphatic hydroxyl groups excluding tert-OH is 21. The van der Waals surface area contributed by atoms with Crippen molar-refractivity contribution in [1.82, 2.24) is 21.3 Å². The van der Waals surface area contributed by atoms with E-state index >= 15 is 0 Å². The van der Waals surface area contributed by atoms with Crippen LogP contribution in [-0.4, -0.2) is 427 Å². The number of carboxylic acids is 1. The predicted molar refractivity (Wildman–Crippen MR) is 483 cm³/mol. The van der Waals surface area contributed by atoms with Gasteiger partial charge >= 0.3 is 5.97 Å². The number of unbranched alkanes of at least 4 members (excludes halogenated alkanes) is 31. The molecule has 0 aromatic heterocycles. The molecule has 0 spiro atoms. The number of nitrogens with one attached hydrogen (secondary N) is 4. The fraction of sp³-hybridized carbons (Fsp3) is 0.925. The summed E-state index contributed by atoms with van der Waals surface area (Å²) in [7, 11) is 0. The van der Waals surface area contributed by atoms with E-state index in [4.69, 9.17) is 66.3 Å². The highest BCUT2D eigenvalue weighted by Crippen LogP contribution is 2.42. The maximum atomic E-state index is 13.7. The monoisotopic (exact) mass is 2000 g/mol. The highest BCUT2D eigenvalue weighted by atomic mass is 16.8. The molecule has 26 N–H and O–H groups in total. The van der Waals surface area contributed by atoms with Crippen molar-refractivity contribution in [3.8, 4) is 0 Å². The second kappa shape index (κ2) is 63.3. The molecule has 7 fully saturated rings. The Hall–Kier alpha value is -4.31. The molecule has 0 bridgehead atoms. The van der Waals surface area contributed by atoms with Crippen molar-refractivity contribution in [3.05, 3.63) is 12.2 Å². The number of rotatable bonds is 65. The predicted octanol–water partition coefficient (Wildman–Crippen LogP) is -2.91. The molecule has 138 heavy (non-hydrogen) atoms. The van der Waals surface area contributed by atoms with Gasteiger partial charge in [0.25, 0.3) is 5.79 Å². The van der Waals surface area contributed by atoms with Gasteiger partial charge in [-0.1, -0.05) is 219 Å². The van der Waals surface area contributed by atoms with Crippen LogP contribution < -0.4 is 21.3 Å². The standard InChI is InChI=1S/C93H166N4O41/c1-6-8-10-12-14-16-18-20-21-22-23-24-25-26-27-29-31-33-35-37-39-41-64(111)97-54(55(108)40-38-36-34-32-30-28-19-17-15-13-11-9-7-2)50-125-88-75(119)74(118)81(63(49-104)131-88)134-90-77(121)84(70(114)59(45-100)127-90)136-86-66(95-52(4)106)72(116)79(61(47-102)129-86)132-89-76(120)83(69(113)58(44-99)126-89)135-87-67(96-53(5)107)73(117)80(62(48-103)130-87)133-91-78(122)85(71(115)60(46-101)128-91)138-93(92(123)124)42-56(109)65(94-51(3)105)82(137-93)68(112)57(110)43-98/h38,40,54-63,65-91,98-104,108-110,112-122H,6-37,39,41-50H2,1-5H3,(H,94,105)(H,95,106)(H,96,107)(H,97,111)(H,123,124)/b40-38+/t54-,55+,56?,57+,58?,59?,60?,61?,62?,63?,65+,66?,67?,68+,69-,70-,71-,72+,73+,74+,75?,76?,77?,78?,79+,80+,81+,82?,83-,84-,85-,86-,87-,88+,89-,90-,91-,93-/m0/s1. The minimum atomic E-state index is -3.25. The van der Waals surface area contributed by atoms with Gasteiger partial charge in [-0.05, 0) is 19.3 Å². The topological polar surface area (TPSA) is 708 Å². The number of aliphatic hydroxyl groups is 21. The van der Waals surface area contributed by atoms with Gasteiger partial charge in [0.1, 0.15) is 165 Å². The van der Waals surface area contributed by atoms with Crippen molar-refractivity contribution in [1.29, 1.82) is 0 Å². The molecule has 7 aliphatic heterocycles. The number of carboxylic acid groups (broad SMARTS) is 1. The van der Waals surface area contributed by atoms with E-state index in [-0.39, 0.29) is 12.3 Å². The molecule has 7 heterocycles. The van der Waals surface area contributed by atoms with Gasteiger partial charge in [0, 0.05) is 33.6 Å². The van der Waals surface area contributed by atoms with E-state index in [1.807, 2.05) is 6.08 Å². The Balaban J connectivity index is 0.982. The Kier molecular flexibility index (Phi) is 55.3. The van der Waals surface area contributed by atoms with Crippen LogP contribution in [-0.2, 0) is 90.3 Å². The summed E-state index contributed by atoms with van der Waals surface area (Å²) in [6.07, 6.45) is -26.9. The first-order valence-corrected chi connectivity index (χ1v) is 50.1. The maximum absolute atomic E-state index is 13.7. The van der Waals surface area contributed by atoms with Crippen molar-refractivity contribution in [2.75, 3.05) is 52.9 Å². The number of hydrogen-bond donors (Lipinski definition) is 26. The molecule has 14 unspecified atom stereocenters. The van der Waals surface area contributed by atoms with Gasteiger partial charge in [0.05, 0.1) is 77.1 Å². The molecule has 7 rings (SSSR count). The van der Waals surface area contributed by atoms with E-state index in [0.717, 1.165) is 72.1 Å². The highest BCUT2D eigenvalue weighted by molar-refractivity contribution is 5.77. The van der Waals surface area contributed by atoms with Crippen LogP contribution >= 0.6 is 0 Å². The molecule has 38 atom stereocenters. The SMILES string of the molecule is CCCCCCCCCCCCC/C=C/[C@@H](O)[C@H](CO[C@@H]1OC(CO)[C@@H](O[C@@H]2OC(CO)[C@H](O)[C@H](O[C@@H]3OC(CO)[C@@H](O[C@@H]4OC(CO)[C@H](O)[C@H](O[C@@H]5OC(CO)[C@@H](O[C@@H]6OC(CO)[C@H](O)[C@H](O[C@]7(C(=O)O)CC(O)[C@@H](NC(C)=O)C([C@H](O)[C@H](O)CO)O7)C6O)[C@H](O)C5NC(C)=O)C4O)[C@H](O)C3NC(C)=O)C2O)[C@H](O)C1O)NC(=O)CCCCCCCCCCCCCCCCCCCCCCC. The van der Waals surface area contributed by atoms with E-state index in [1.165, 1.54) is 148 Å². The van der Waals surface area contributed by atoms with E-state index in [0.29, 0.717) is 12.8 Å². The summed E-state index contributed by atoms with van der Waals surface area (Å²) in [6.45, 7) is -0.958. The molecule has 804 valence electrons. The Morgan fingerprint density at radius 3 is 1.07 bits per heavy atom. The average Bonchev–Trinajstić information content (AvgIpc) is 0.748. The zero-order valence-electron chi connectivity index (χ0n) is 80.5. The number of carbonyl (C=O) groups is 5. The van der Waals surface area contributed by atoms with Gasteiger partial charge in [0.2, 0.25) is 23.6 Å². The van der Waals surface area contributed by atoms with Crippen LogP contribution in [0.25, 0.3) is 0 Å². The Bertz CT molecular complexity index is 3410. The summed E-state index contributed by atoms with van der Waals surface area (Å²) in [6, 6.07) is -6.68.